The van der Waals surface area contributed by atoms with Crippen molar-refractivity contribution in [1.29, 1.82) is 0 Å². The zero-order chi connectivity index (χ0) is 15.5. The lowest BCUT2D eigenvalue weighted by Gasteiger charge is -2.38. The summed E-state index contributed by atoms with van der Waals surface area (Å²) in [5.41, 5.74) is 0. The molecule has 0 spiro atoms. The Morgan fingerprint density at radius 2 is 1.45 bits per heavy atom. The van der Waals surface area contributed by atoms with Crippen molar-refractivity contribution in [2.75, 3.05) is 33.3 Å². The van der Waals surface area contributed by atoms with Crippen LogP contribution in [0.5, 0.6) is 0 Å². The third-order valence-corrected chi connectivity index (χ3v) is 6.13. The maximum absolute atomic E-state index is 5.96. The number of nitrogens with zero attached hydrogens (tertiary/aromatic N) is 2. The third-order valence-electron chi connectivity index (χ3n) is 6.13. The van der Waals surface area contributed by atoms with E-state index in [0.717, 1.165) is 13.1 Å². The zero-order valence-electron chi connectivity index (χ0n) is 14.7. The molecule has 0 saturated carbocycles. The van der Waals surface area contributed by atoms with Crippen molar-refractivity contribution in [3.63, 3.8) is 0 Å². The zero-order valence-corrected chi connectivity index (χ0v) is 14.7. The van der Waals surface area contributed by atoms with Gasteiger partial charge in [-0.15, -0.1) is 0 Å². The second-order valence-corrected chi connectivity index (χ2v) is 7.66. The van der Waals surface area contributed by atoms with Gasteiger partial charge in [-0.3, -0.25) is 4.90 Å². The van der Waals surface area contributed by atoms with Gasteiger partial charge in [0.15, 0.2) is 0 Å². The van der Waals surface area contributed by atoms with Crippen molar-refractivity contribution >= 4 is 0 Å². The van der Waals surface area contributed by atoms with Gasteiger partial charge in [0, 0.05) is 45.4 Å². The Hall–Kier alpha value is -0.160. The number of fused-ring (bicyclic) bond motifs is 2. The van der Waals surface area contributed by atoms with Crippen molar-refractivity contribution in [1.82, 2.24) is 9.80 Å². The van der Waals surface area contributed by atoms with Gasteiger partial charge < -0.3 is 14.4 Å². The van der Waals surface area contributed by atoms with Crippen LogP contribution >= 0.6 is 0 Å². The van der Waals surface area contributed by atoms with E-state index in [1.807, 2.05) is 7.11 Å². The van der Waals surface area contributed by atoms with Gasteiger partial charge in [0.25, 0.3) is 0 Å². The highest BCUT2D eigenvalue weighted by atomic mass is 16.5. The first kappa shape index (κ1) is 16.7. The molecule has 4 unspecified atom stereocenters. The van der Waals surface area contributed by atoms with Crippen LogP contribution in [0.3, 0.4) is 0 Å². The lowest BCUT2D eigenvalue weighted by molar-refractivity contribution is -0.0523. The number of rotatable bonds is 6. The van der Waals surface area contributed by atoms with E-state index in [1.54, 1.807) is 0 Å². The Morgan fingerprint density at radius 3 is 2.00 bits per heavy atom. The van der Waals surface area contributed by atoms with Crippen LogP contribution in [0.15, 0.2) is 0 Å². The van der Waals surface area contributed by atoms with Crippen LogP contribution in [0.1, 0.15) is 52.4 Å². The molecular weight excluding hydrogens is 276 g/mol. The summed E-state index contributed by atoms with van der Waals surface area (Å²) < 4.78 is 11.4. The molecule has 0 aromatic rings. The summed E-state index contributed by atoms with van der Waals surface area (Å²) in [5, 5.41) is 0. The molecule has 0 N–H and O–H groups in total. The maximum Gasteiger partial charge on any atom is 0.0707 e. The highest BCUT2D eigenvalue weighted by Gasteiger charge is 2.35. The Kier molecular flexibility index (Phi) is 5.77. The van der Waals surface area contributed by atoms with Crippen molar-refractivity contribution in [3.05, 3.63) is 0 Å². The summed E-state index contributed by atoms with van der Waals surface area (Å²) in [6, 6.07) is 1.41. The summed E-state index contributed by atoms with van der Waals surface area (Å²) in [7, 11) is 1.85. The molecule has 3 fully saturated rings. The standard InChI is InChI=1S/C18H34N2O2/c1-14(19-10-8-16(21-3)9-11-19)4-5-15(2)20-12-17-6-7-18(13-20)22-17/h14-18H,4-13H2,1-3H3. The number of hydrogen-bond acceptors (Lipinski definition) is 4. The maximum atomic E-state index is 5.96. The second kappa shape index (κ2) is 7.61. The quantitative estimate of drug-likeness (QED) is 0.752. The van der Waals surface area contributed by atoms with Crippen LogP contribution in [-0.4, -0.2) is 73.5 Å². The van der Waals surface area contributed by atoms with Crippen molar-refractivity contribution in [2.24, 2.45) is 0 Å². The van der Waals surface area contributed by atoms with Crippen LogP contribution in [0.2, 0.25) is 0 Å². The minimum Gasteiger partial charge on any atom is -0.381 e. The first-order chi connectivity index (χ1) is 10.7. The molecule has 0 aliphatic carbocycles. The summed E-state index contributed by atoms with van der Waals surface area (Å²) in [6.45, 7) is 9.54. The van der Waals surface area contributed by atoms with Gasteiger partial charge in [-0.1, -0.05) is 0 Å². The van der Waals surface area contributed by atoms with Gasteiger partial charge in [-0.2, -0.15) is 0 Å². The molecule has 3 aliphatic heterocycles. The Bertz CT molecular complexity index is 332. The predicted molar refractivity (Wildman–Crippen MR) is 89.2 cm³/mol. The number of piperidine rings is 1. The van der Waals surface area contributed by atoms with Crippen LogP contribution < -0.4 is 0 Å². The fraction of sp³-hybridized carbons (Fsp3) is 1.00. The normalized spacial score (nSPS) is 34.0. The Labute approximate surface area is 136 Å². The average molecular weight is 310 g/mol. The Morgan fingerprint density at radius 1 is 0.909 bits per heavy atom. The molecule has 4 heteroatoms. The highest BCUT2D eigenvalue weighted by Crippen LogP contribution is 2.28. The van der Waals surface area contributed by atoms with Crippen LogP contribution in [-0.2, 0) is 9.47 Å². The van der Waals surface area contributed by atoms with Crippen molar-refractivity contribution in [3.8, 4) is 0 Å². The number of ether oxygens (including phenoxy) is 2. The lowest BCUT2D eigenvalue weighted by Crippen LogP contribution is -2.47. The number of methoxy groups -OCH3 is 1. The fourth-order valence-electron chi connectivity index (χ4n) is 4.41. The van der Waals surface area contributed by atoms with Crippen LogP contribution in [0.25, 0.3) is 0 Å². The minimum atomic E-state index is 0.492. The second-order valence-electron chi connectivity index (χ2n) is 7.66. The van der Waals surface area contributed by atoms with Crippen LogP contribution in [0.4, 0.5) is 0 Å². The minimum absolute atomic E-state index is 0.492. The topological polar surface area (TPSA) is 24.9 Å². The van der Waals surface area contributed by atoms with Crippen LogP contribution in [0, 0.1) is 0 Å². The summed E-state index contributed by atoms with van der Waals surface area (Å²) in [4.78, 5) is 5.33. The monoisotopic (exact) mass is 310 g/mol. The van der Waals surface area contributed by atoms with E-state index in [1.165, 1.54) is 51.6 Å². The first-order valence-electron chi connectivity index (χ1n) is 9.32. The van der Waals surface area contributed by atoms with E-state index >= 15 is 0 Å². The molecule has 4 atom stereocenters. The largest absolute Gasteiger partial charge is 0.381 e. The molecule has 3 saturated heterocycles. The first-order valence-corrected chi connectivity index (χ1v) is 9.32. The molecule has 3 aliphatic rings. The number of hydrogen-bond donors (Lipinski definition) is 0. The summed E-state index contributed by atoms with van der Waals surface area (Å²) in [6.07, 6.45) is 9.10. The Balaban J connectivity index is 1.38. The highest BCUT2D eigenvalue weighted by molar-refractivity contribution is 4.87. The number of morpholine rings is 1. The molecule has 0 radical (unpaired) electrons. The predicted octanol–water partition coefficient (Wildman–Crippen LogP) is 2.52. The van der Waals surface area contributed by atoms with Gasteiger partial charge in [-0.25, -0.2) is 0 Å². The van der Waals surface area contributed by atoms with Gasteiger partial charge in [0.2, 0.25) is 0 Å². The SMILES string of the molecule is COC1CCN(C(C)CCC(C)N2CC3CCC(C2)O3)CC1. The third kappa shape index (κ3) is 4.02. The van der Waals surface area contributed by atoms with E-state index in [9.17, 15) is 0 Å². The summed E-state index contributed by atoms with van der Waals surface area (Å²) in [5.74, 6) is 0. The van der Waals surface area contributed by atoms with E-state index in [-0.39, 0.29) is 0 Å². The van der Waals surface area contributed by atoms with Crippen molar-refractivity contribution in [2.45, 2.75) is 82.8 Å². The molecule has 2 bridgehead atoms. The van der Waals surface area contributed by atoms with Gasteiger partial charge in [0.05, 0.1) is 18.3 Å². The smallest absolute Gasteiger partial charge is 0.0707 e. The lowest BCUT2D eigenvalue weighted by atomic mass is 10.0. The van der Waals surface area contributed by atoms with Gasteiger partial charge >= 0.3 is 0 Å². The fourth-order valence-corrected chi connectivity index (χ4v) is 4.41. The van der Waals surface area contributed by atoms with E-state index < -0.39 is 0 Å². The number of likely N-dealkylation sites (tertiary alicyclic amines) is 2. The van der Waals surface area contributed by atoms with Crippen molar-refractivity contribution < 1.29 is 9.47 Å². The molecule has 0 aromatic heterocycles. The van der Waals surface area contributed by atoms with E-state index in [2.05, 4.69) is 23.6 Å². The average Bonchev–Trinajstić information content (AvgIpc) is 2.90. The molecule has 3 heterocycles. The van der Waals surface area contributed by atoms with Gasteiger partial charge in [-0.05, 0) is 52.4 Å². The molecule has 4 nitrogen and oxygen atoms in total. The van der Waals surface area contributed by atoms with E-state index in [4.69, 9.17) is 9.47 Å². The summed E-state index contributed by atoms with van der Waals surface area (Å²) >= 11 is 0. The molecule has 128 valence electrons. The van der Waals surface area contributed by atoms with E-state index in [0.29, 0.717) is 30.4 Å². The molecular formula is C18H34N2O2. The molecule has 0 amide bonds. The molecule has 22 heavy (non-hydrogen) atoms. The molecule has 3 rings (SSSR count). The molecule has 0 aromatic carbocycles. The van der Waals surface area contributed by atoms with Gasteiger partial charge in [0.1, 0.15) is 0 Å².